The van der Waals surface area contributed by atoms with Crippen molar-refractivity contribution in [3.05, 3.63) is 47.5 Å². The molecule has 1 aliphatic rings. The molecular formula is C15H18FN3. The fraction of sp³-hybridized carbons (Fsp3) is 0.400. The predicted octanol–water partition coefficient (Wildman–Crippen LogP) is 3.43. The van der Waals surface area contributed by atoms with E-state index in [1.54, 1.807) is 0 Å². The second-order valence-corrected chi connectivity index (χ2v) is 5.31. The number of benzene rings is 1. The maximum atomic E-state index is 13.0. The molecule has 0 saturated heterocycles. The van der Waals surface area contributed by atoms with Crippen molar-refractivity contribution in [2.24, 2.45) is 13.0 Å². The summed E-state index contributed by atoms with van der Waals surface area (Å²) in [6, 6.07) is 7.06. The van der Waals surface area contributed by atoms with E-state index in [2.05, 4.69) is 10.4 Å². The first-order chi connectivity index (χ1) is 9.13. The van der Waals surface area contributed by atoms with Crippen molar-refractivity contribution < 1.29 is 4.39 Å². The highest BCUT2D eigenvalue weighted by Crippen LogP contribution is 2.43. The minimum absolute atomic E-state index is 0.184. The number of nitrogens with zero attached hydrogens (tertiary/aromatic N) is 2. The summed E-state index contributed by atoms with van der Waals surface area (Å²) in [6.45, 7) is 2.00. The second-order valence-electron chi connectivity index (χ2n) is 5.31. The highest BCUT2D eigenvalue weighted by molar-refractivity contribution is 5.48. The number of halogens is 1. The molecule has 1 atom stereocenters. The predicted molar refractivity (Wildman–Crippen MR) is 73.4 cm³/mol. The van der Waals surface area contributed by atoms with Crippen LogP contribution >= 0.6 is 0 Å². The fourth-order valence-electron chi connectivity index (χ4n) is 2.48. The molecule has 1 N–H and O–H groups in total. The van der Waals surface area contributed by atoms with E-state index in [-0.39, 0.29) is 11.9 Å². The molecule has 0 spiro atoms. The van der Waals surface area contributed by atoms with Crippen LogP contribution in [0.15, 0.2) is 30.5 Å². The van der Waals surface area contributed by atoms with Gasteiger partial charge in [0.25, 0.3) is 0 Å². The molecule has 1 heterocycles. The largest absolute Gasteiger partial charge is 0.375 e. The summed E-state index contributed by atoms with van der Waals surface area (Å²) in [7, 11) is 1.92. The summed E-state index contributed by atoms with van der Waals surface area (Å²) < 4.78 is 14.8. The SMILES string of the molecule is Cc1nn(C)cc1NC(c1ccc(F)cc1)C1CC1. The number of aromatic nitrogens is 2. The Kier molecular flexibility index (Phi) is 3.01. The van der Waals surface area contributed by atoms with Crippen molar-refractivity contribution in [3.63, 3.8) is 0 Å². The molecular weight excluding hydrogens is 241 g/mol. The zero-order valence-electron chi connectivity index (χ0n) is 11.2. The van der Waals surface area contributed by atoms with E-state index >= 15 is 0 Å². The molecule has 19 heavy (non-hydrogen) atoms. The lowest BCUT2D eigenvalue weighted by atomic mass is 10.0. The molecule has 0 radical (unpaired) electrons. The number of nitrogens with one attached hydrogen (secondary N) is 1. The second kappa shape index (κ2) is 4.68. The van der Waals surface area contributed by atoms with Gasteiger partial charge in [0.05, 0.1) is 17.4 Å². The van der Waals surface area contributed by atoms with Crippen LogP contribution in [-0.4, -0.2) is 9.78 Å². The number of rotatable bonds is 4. The summed E-state index contributed by atoms with van der Waals surface area (Å²) in [5.74, 6) is 0.459. The van der Waals surface area contributed by atoms with Gasteiger partial charge in [0.2, 0.25) is 0 Å². The van der Waals surface area contributed by atoms with Crippen LogP contribution in [0.4, 0.5) is 10.1 Å². The molecule has 2 aromatic rings. The third-order valence-electron chi connectivity index (χ3n) is 3.65. The molecule has 3 nitrogen and oxygen atoms in total. The van der Waals surface area contributed by atoms with E-state index in [1.807, 2.05) is 37.0 Å². The zero-order chi connectivity index (χ0) is 13.4. The van der Waals surface area contributed by atoms with Gasteiger partial charge in [0.15, 0.2) is 0 Å². The Morgan fingerprint density at radius 1 is 1.32 bits per heavy atom. The summed E-state index contributed by atoms with van der Waals surface area (Å²) >= 11 is 0. The Bertz CT molecular complexity index is 570. The number of hydrogen-bond donors (Lipinski definition) is 1. The lowest BCUT2D eigenvalue weighted by Crippen LogP contribution is -2.13. The quantitative estimate of drug-likeness (QED) is 0.911. The van der Waals surface area contributed by atoms with Crippen LogP contribution in [0, 0.1) is 18.7 Å². The number of anilines is 1. The van der Waals surface area contributed by atoms with Crippen LogP contribution in [0.3, 0.4) is 0 Å². The smallest absolute Gasteiger partial charge is 0.123 e. The first kappa shape index (κ1) is 12.2. The van der Waals surface area contributed by atoms with Crippen molar-refractivity contribution in [2.45, 2.75) is 25.8 Å². The van der Waals surface area contributed by atoms with E-state index in [1.165, 1.54) is 25.0 Å². The molecule has 1 saturated carbocycles. The van der Waals surface area contributed by atoms with Gasteiger partial charge in [0, 0.05) is 13.2 Å². The number of hydrogen-bond acceptors (Lipinski definition) is 2. The minimum atomic E-state index is -0.184. The lowest BCUT2D eigenvalue weighted by molar-refractivity contribution is 0.622. The van der Waals surface area contributed by atoms with Crippen LogP contribution in [-0.2, 0) is 7.05 Å². The van der Waals surface area contributed by atoms with Crippen molar-refractivity contribution in [2.75, 3.05) is 5.32 Å². The molecule has 4 heteroatoms. The highest BCUT2D eigenvalue weighted by atomic mass is 19.1. The Hall–Kier alpha value is -1.84. The van der Waals surface area contributed by atoms with Gasteiger partial charge < -0.3 is 5.32 Å². The van der Waals surface area contributed by atoms with Gasteiger partial charge in [-0.2, -0.15) is 5.10 Å². The van der Waals surface area contributed by atoms with Gasteiger partial charge in [-0.1, -0.05) is 12.1 Å². The van der Waals surface area contributed by atoms with Crippen molar-refractivity contribution in [3.8, 4) is 0 Å². The Morgan fingerprint density at radius 3 is 2.53 bits per heavy atom. The first-order valence-corrected chi connectivity index (χ1v) is 6.66. The number of aryl methyl sites for hydroxylation is 2. The summed E-state index contributed by atoms with van der Waals surface area (Å²) in [5.41, 5.74) is 3.20. The van der Waals surface area contributed by atoms with Crippen LogP contribution in [0.1, 0.15) is 30.1 Å². The molecule has 0 amide bonds. The average molecular weight is 259 g/mol. The first-order valence-electron chi connectivity index (χ1n) is 6.66. The van der Waals surface area contributed by atoms with E-state index in [4.69, 9.17) is 0 Å². The van der Waals surface area contributed by atoms with Gasteiger partial charge in [-0.05, 0) is 43.4 Å². The molecule has 1 aromatic heterocycles. The molecule has 3 rings (SSSR count). The lowest BCUT2D eigenvalue weighted by Gasteiger charge is -2.19. The van der Waals surface area contributed by atoms with E-state index < -0.39 is 0 Å². The van der Waals surface area contributed by atoms with E-state index in [9.17, 15) is 4.39 Å². The van der Waals surface area contributed by atoms with Crippen LogP contribution in [0.5, 0.6) is 0 Å². The highest BCUT2D eigenvalue weighted by Gasteiger charge is 2.32. The molecule has 0 aliphatic heterocycles. The average Bonchev–Trinajstić information content (AvgIpc) is 3.15. The summed E-state index contributed by atoms with van der Waals surface area (Å²) in [6.07, 6.45) is 4.46. The van der Waals surface area contributed by atoms with Gasteiger partial charge in [0.1, 0.15) is 5.82 Å². The molecule has 1 aromatic carbocycles. The summed E-state index contributed by atoms with van der Waals surface area (Å²) in [4.78, 5) is 0. The standard InChI is InChI=1S/C15H18FN3/c1-10-14(9-19(2)18-10)17-15(11-3-4-11)12-5-7-13(16)8-6-12/h5-9,11,15,17H,3-4H2,1-2H3. The summed E-state index contributed by atoms with van der Waals surface area (Å²) in [5, 5.41) is 7.91. The van der Waals surface area contributed by atoms with Gasteiger partial charge in [-0.25, -0.2) is 4.39 Å². The maximum Gasteiger partial charge on any atom is 0.123 e. The zero-order valence-corrected chi connectivity index (χ0v) is 11.2. The molecule has 1 unspecified atom stereocenters. The van der Waals surface area contributed by atoms with Crippen LogP contribution in [0.2, 0.25) is 0 Å². The minimum Gasteiger partial charge on any atom is -0.375 e. The third-order valence-corrected chi connectivity index (χ3v) is 3.65. The molecule has 1 fully saturated rings. The molecule has 0 bridgehead atoms. The van der Waals surface area contributed by atoms with Gasteiger partial charge in [-0.3, -0.25) is 4.68 Å². The molecule has 100 valence electrons. The van der Waals surface area contributed by atoms with Gasteiger partial charge in [-0.15, -0.1) is 0 Å². The Labute approximate surface area is 112 Å². The van der Waals surface area contributed by atoms with Crippen molar-refractivity contribution >= 4 is 5.69 Å². The van der Waals surface area contributed by atoms with Gasteiger partial charge >= 0.3 is 0 Å². The Morgan fingerprint density at radius 2 is 2.00 bits per heavy atom. The molecule has 1 aliphatic carbocycles. The fourth-order valence-corrected chi connectivity index (χ4v) is 2.48. The van der Waals surface area contributed by atoms with E-state index in [0.29, 0.717) is 5.92 Å². The van der Waals surface area contributed by atoms with E-state index in [0.717, 1.165) is 16.9 Å². The topological polar surface area (TPSA) is 29.9 Å². The normalized spacial score (nSPS) is 16.4. The van der Waals surface area contributed by atoms with Crippen molar-refractivity contribution in [1.29, 1.82) is 0 Å². The maximum absolute atomic E-state index is 13.0. The van der Waals surface area contributed by atoms with Crippen LogP contribution < -0.4 is 5.32 Å². The monoisotopic (exact) mass is 259 g/mol. The van der Waals surface area contributed by atoms with Crippen LogP contribution in [0.25, 0.3) is 0 Å². The Balaban J connectivity index is 1.85. The van der Waals surface area contributed by atoms with Crippen molar-refractivity contribution in [1.82, 2.24) is 9.78 Å². The third kappa shape index (κ3) is 2.62.